The van der Waals surface area contributed by atoms with Crippen LogP contribution in [0, 0.1) is 0 Å². The van der Waals surface area contributed by atoms with Gasteiger partial charge in [-0.25, -0.2) is 0 Å². The zero-order valence-electron chi connectivity index (χ0n) is 16.6. The Bertz CT molecular complexity index is 1060. The first-order valence-electron chi connectivity index (χ1n) is 9.28. The fraction of sp³-hybridized carbons (Fsp3) is 0.125. The first-order valence-corrected chi connectivity index (χ1v) is 9.28. The van der Waals surface area contributed by atoms with E-state index >= 15 is 0 Å². The Morgan fingerprint density at radius 2 is 1.80 bits per heavy atom. The van der Waals surface area contributed by atoms with Gasteiger partial charge in [-0.2, -0.15) is 18.3 Å². The van der Waals surface area contributed by atoms with Gasteiger partial charge in [0.25, 0.3) is 0 Å². The summed E-state index contributed by atoms with van der Waals surface area (Å²) in [6.45, 7) is 8.77. The van der Waals surface area contributed by atoms with Crippen LogP contribution in [0.1, 0.15) is 16.8 Å². The van der Waals surface area contributed by atoms with Crippen LogP contribution in [0.15, 0.2) is 97.9 Å². The van der Waals surface area contributed by atoms with Crippen LogP contribution in [0.5, 0.6) is 0 Å². The lowest BCUT2D eigenvalue weighted by Gasteiger charge is -2.17. The molecule has 30 heavy (non-hydrogen) atoms. The van der Waals surface area contributed by atoms with Crippen molar-refractivity contribution in [1.29, 1.82) is 0 Å². The quantitative estimate of drug-likeness (QED) is 0.435. The van der Waals surface area contributed by atoms with Gasteiger partial charge in [0.05, 0.1) is 17.8 Å². The smallest absolute Gasteiger partial charge is 0.351 e. The Morgan fingerprint density at radius 1 is 1.07 bits per heavy atom. The Hall–Kier alpha value is -3.54. The van der Waals surface area contributed by atoms with Crippen LogP contribution in [0.4, 0.5) is 18.9 Å². The number of aromatic nitrogens is 2. The van der Waals surface area contributed by atoms with E-state index in [0.717, 1.165) is 23.4 Å². The van der Waals surface area contributed by atoms with Crippen LogP contribution in [0.2, 0.25) is 0 Å². The van der Waals surface area contributed by atoms with Crippen molar-refractivity contribution < 1.29 is 13.2 Å². The predicted molar refractivity (Wildman–Crippen MR) is 115 cm³/mol. The van der Waals surface area contributed by atoms with Crippen molar-refractivity contribution in [1.82, 2.24) is 9.78 Å². The van der Waals surface area contributed by atoms with Gasteiger partial charge in [-0.1, -0.05) is 49.6 Å². The molecule has 0 amide bonds. The zero-order valence-corrected chi connectivity index (χ0v) is 16.6. The predicted octanol–water partition coefficient (Wildman–Crippen LogP) is 6.17. The number of hydrogen-bond acceptors (Lipinski definition) is 2. The highest BCUT2D eigenvalue weighted by Gasteiger charge is 2.30. The van der Waals surface area contributed by atoms with E-state index in [1.165, 1.54) is 6.07 Å². The van der Waals surface area contributed by atoms with Gasteiger partial charge >= 0.3 is 6.18 Å². The summed E-state index contributed by atoms with van der Waals surface area (Å²) in [5.74, 6) is 0. The highest BCUT2D eigenvalue weighted by Crippen LogP contribution is 2.31. The molecular weight excluding hydrogens is 387 g/mol. The molecule has 2 aromatic carbocycles. The number of benzene rings is 2. The molecule has 3 nitrogen and oxygen atoms in total. The first-order chi connectivity index (χ1) is 14.3. The third-order valence-corrected chi connectivity index (χ3v) is 4.67. The number of anilines is 1. The molecule has 3 rings (SSSR count). The molecule has 0 fully saturated rings. The van der Waals surface area contributed by atoms with Gasteiger partial charge in [0.1, 0.15) is 0 Å². The molecule has 3 aromatic rings. The lowest BCUT2D eigenvalue weighted by atomic mass is 10.1. The van der Waals surface area contributed by atoms with E-state index in [4.69, 9.17) is 0 Å². The second-order valence-electron chi connectivity index (χ2n) is 6.84. The van der Waals surface area contributed by atoms with Gasteiger partial charge in [0.2, 0.25) is 0 Å². The molecule has 6 heteroatoms. The minimum atomic E-state index is -4.38. The van der Waals surface area contributed by atoms with E-state index in [2.05, 4.69) is 18.3 Å². The molecule has 0 spiro atoms. The molecule has 0 aliphatic rings. The van der Waals surface area contributed by atoms with Crippen molar-refractivity contribution >= 4 is 11.3 Å². The minimum Gasteiger partial charge on any atom is -0.351 e. The van der Waals surface area contributed by atoms with Gasteiger partial charge in [-0.3, -0.25) is 4.68 Å². The molecule has 1 heterocycles. The molecule has 0 saturated heterocycles. The van der Waals surface area contributed by atoms with Crippen LogP contribution >= 0.6 is 0 Å². The second kappa shape index (κ2) is 8.86. The van der Waals surface area contributed by atoms with E-state index in [1.54, 1.807) is 36.5 Å². The van der Waals surface area contributed by atoms with Crippen LogP contribution in [0.25, 0.3) is 5.57 Å². The van der Waals surface area contributed by atoms with Gasteiger partial charge in [-0.15, -0.1) is 0 Å². The average molecular weight is 409 g/mol. The monoisotopic (exact) mass is 409 g/mol. The highest BCUT2D eigenvalue weighted by atomic mass is 19.4. The summed E-state index contributed by atoms with van der Waals surface area (Å²) in [7, 11) is 1.68. The summed E-state index contributed by atoms with van der Waals surface area (Å²) in [5, 5.41) is 4.36. The highest BCUT2D eigenvalue weighted by molar-refractivity contribution is 5.77. The van der Waals surface area contributed by atoms with E-state index in [9.17, 15) is 13.2 Å². The van der Waals surface area contributed by atoms with Gasteiger partial charge < -0.3 is 4.90 Å². The number of allylic oxidation sites excluding steroid dienone is 3. The number of nitrogens with zero attached hydrogens (tertiary/aromatic N) is 3. The van der Waals surface area contributed by atoms with Crippen LogP contribution in [-0.4, -0.2) is 16.8 Å². The van der Waals surface area contributed by atoms with E-state index < -0.39 is 11.7 Å². The van der Waals surface area contributed by atoms with E-state index in [1.807, 2.05) is 41.1 Å². The summed E-state index contributed by atoms with van der Waals surface area (Å²) in [5.41, 5.74) is 3.01. The van der Waals surface area contributed by atoms with E-state index in [-0.39, 0.29) is 0 Å². The van der Waals surface area contributed by atoms with Crippen molar-refractivity contribution in [2.75, 3.05) is 11.9 Å². The Kier molecular flexibility index (Phi) is 6.26. The third-order valence-electron chi connectivity index (χ3n) is 4.67. The van der Waals surface area contributed by atoms with Crippen LogP contribution < -0.4 is 4.90 Å². The summed E-state index contributed by atoms with van der Waals surface area (Å²) >= 11 is 0. The standard InChI is InChI=1S/C24H22F3N3/c1-18(13-15-29(3)22-11-7-10-21(16-22)24(25,26)27)19(2)23-12-14-28-30(23)17-20-8-5-4-6-9-20/h4-16H,1-2,17H2,3H3/b15-13-. The van der Waals surface area contributed by atoms with Crippen molar-refractivity contribution in [3.8, 4) is 0 Å². The Balaban J connectivity index is 1.71. The minimum absolute atomic E-state index is 0.425. The maximum atomic E-state index is 12.9. The summed E-state index contributed by atoms with van der Waals surface area (Å²) < 4.78 is 40.6. The van der Waals surface area contributed by atoms with Gasteiger partial charge in [-0.05, 0) is 47.1 Å². The number of alkyl halides is 3. The molecule has 0 saturated carbocycles. The van der Waals surface area contributed by atoms with Gasteiger partial charge in [0, 0.05) is 25.1 Å². The maximum absolute atomic E-state index is 12.9. The van der Waals surface area contributed by atoms with Crippen molar-refractivity contribution in [2.45, 2.75) is 12.7 Å². The zero-order chi connectivity index (χ0) is 21.7. The molecule has 0 bridgehead atoms. The first kappa shape index (κ1) is 21.2. The van der Waals surface area contributed by atoms with E-state index in [0.29, 0.717) is 23.4 Å². The number of rotatable bonds is 7. The third kappa shape index (κ3) is 5.08. The molecule has 154 valence electrons. The lowest BCUT2D eigenvalue weighted by molar-refractivity contribution is -0.137. The fourth-order valence-electron chi connectivity index (χ4n) is 2.93. The summed E-state index contributed by atoms with van der Waals surface area (Å²) in [4.78, 5) is 1.61. The maximum Gasteiger partial charge on any atom is 0.416 e. The molecule has 0 aliphatic carbocycles. The second-order valence-corrected chi connectivity index (χ2v) is 6.84. The summed E-state index contributed by atoms with van der Waals surface area (Å²) in [6.07, 6.45) is 0.716. The molecule has 0 atom stereocenters. The SMILES string of the molecule is C=C(/C=C\N(C)c1cccc(C(F)(F)F)c1)C(=C)c1ccnn1Cc1ccccc1. The molecule has 0 aliphatic heterocycles. The normalized spacial score (nSPS) is 11.6. The number of hydrogen-bond donors (Lipinski definition) is 0. The Morgan fingerprint density at radius 3 is 2.50 bits per heavy atom. The number of halogens is 3. The van der Waals surface area contributed by atoms with Crippen LogP contribution in [-0.2, 0) is 12.7 Å². The van der Waals surface area contributed by atoms with Crippen molar-refractivity contribution in [3.05, 3.63) is 115 Å². The van der Waals surface area contributed by atoms with Crippen LogP contribution in [0.3, 0.4) is 0 Å². The molecular formula is C24H22F3N3. The summed E-state index contributed by atoms with van der Waals surface area (Å²) in [6, 6.07) is 17.0. The fourth-order valence-corrected chi connectivity index (χ4v) is 2.93. The molecule has 0 N–H and O–H groups in total. The molecule has 0 unspecified atom stereocenters. The topological polar surface area (TPSA) is 21.1 Å². The van der Waals surface area contributed by atoms with Crippen molar-refractivity contribution in [3.63, 3.8) is 0 Å². The molecule has 0 radical (unpaired) electrons. The van der Waals surface area contributed by atoms with Crippen molar-refractivity contribution in [2.24, 2.45) is 0 Å². The largest absolute Gasteiger partial charge is 0.416 e. The van der Waals surface area contributed by atoms with Gasteiger partial charge in [0.15, 0.2) is 0 Å². The lowest BCUT2D eigenvalue weighted by Crippen LogP contribution is -2.11. The average Bonchev–Trinajstić information content (AvgIpc) is 3.19. The Labute approximate surface area is 174 Å². The molecule has 1 aromatic heterocycles.